The summed E-state index contributed by atoms with van der Waals surface area (Å²) in [6.45, 7) is 3.34. The van der Waals surface area contributed by atoms with Gasteiger partial charge in [0, 0.05) is 38.2 Å². The summed E-state index contributed by atoms with van der Waals surface area (Å²) in [4.78, 5) is 43.6. The summed E-state index contributed by atoms with van der Waals surface area (Å²) >= 11 is 0. The predicted molar refractivity (Wildman–Crippen MR) is 118 cm³/mol. The Kier molecular flexibility index (Phi) is 7.00. The highest BCUT2D eigenvalue weighted by atomic mass is 19.1. The molecular weight excluding hydrogens is 470 g/mol. The molecule has 0 radical (unpaired) electrons. The van der Waals surface area contributed by atoms with Gasteiger partial charge in [-0.3, -0.25) is 19.8 Å². The molecule has 2 aliphatic heterocycles. The van der Waals surface area contributed by atoms with Crippen LogP contribution in [0.3, 0.4) is 0 Å². The minimum atomic E-state index is -0.880. The number of halogens is 2. The molecule has 0 unspecified atom stereocenters. The highest BCUT2D eigenvalue weighted by Crippen LogP contribution is 2.31. The number of hydroxylamine groups is 2. The van der Waals surface area contributed by atoms with Gasteiger partial charge in [0.15, 0.2) is 17.5 Å². The van der Waals surface area contributed by atoms with Crippen LogP contribution in [0.2, 0.25) is 0 Å². The van der Waals surface area contributed by atoms with Crippen LogP contribution in [-0.2, 0) is 14.4 Å². The van der Waals surface area contributed by atoms with E-state index in [0.29, 0.717) is 5.76 Å². The summed E-state index contributed by atoms with van der Waals surface area (Å²) in [6, 6.07) is 3.03. The van der Waals surface area contributed by atoms with Gasteiger partial charge in [-0.05, 0) is 6.92 Å². The molecule has 1 atom stereocenters. The van der Waals surface area contributed by atoms with Gasteiger partial charge in [0.05, 0.1) is 31.9 Å². The van der Waals surface area contributed by atoms with E-state index in [1.807, 2.05) is 0 Å². The maximum Gasteiger partial charge on any atom is 0.414 e. The Bertz CT molecular complexity index is 1100. The van der Waals surface area contributed by atoms with E-state index in [1.165, 1.54) is 17.9 Å². The minimum Gasteiger partial charge on any atom is -0.442 e. The van der Waals surface area contributed by atoms with Crippen LogP contribution in [0.5, 0.6) is 0 Å². The zero-order valence-corrected chi connectivity index (χ0v) is 19.0. The lowest BCUT2D eigenvalue weighted by atomic mass is 10.2. The Morgan fingerprint density at radius 1 is 1.17 bits per heavy atom. The van der Waals surface area contributed by atoms with Crippen LogP contribution >= 0.6 is 0 Å². The van der Waals surface area contributed by atoms with Crippen molar-refractivity contribution >= 4 is 35.2 Å². The van der Waals surface area contributed by atoms with Gasteiger partial charge >= 0.3 is 12.1 Å². The molecule has 188 valence electrons. The number of nitrogens with one attached hydrogen (secondary N) is 2. The molecule has 2 fully saturated rings. The fourth-order valence-corrected chi connectivity index (χ4v) is 3.74. The molecule has 14 heteroatoms. The number of nitrogens with zero attached hydrogens (tertiary/aromatic N) is 4. The largest absolute Gasteiger partial charge is 0.442 e. The quantitative estimate of drug-likeness (QED) is 0.646. The first-order valence-electron chi connectivity index (χ1n) is 10.8. The second-order valence-corrected chi connectivity index (χ2v) is 7.99. The molecule has 1 aromatic carbocycles. The monoisotopic (exact) mass is 494 g/mol. The van der Waals surface area contributed by atoms with Gasteiger partial charge in [-0.25, -0.2) is 23.4 Å². The van der Waals surface area contributed by atoms with Crippen LogP contribution in [0.15, 0.2) is 22.7 Å². The van der Waals surface area contributed by atoms with Gasteiger partial charge in [-0.15, -0.1) is 0 Å². The molecule has 3 heterocycles. The normalized spacial score (nSPS) is 18.3. The van der Waals surface area contributed by atoms with E-state index in [9.17, 15) is 14.4 Å². The van der Waals surface area contributed by atoms with Crippen molar-refractivity contribution in [2.24, 2.45) is 0 Å². The smallest absolute Gasteiger partial charge is 0.414 e. The lowest BCUT2D eigenvalue weighted by Gasteiger charge is -2.24. The summed E-state index contributed by atoms with van der Waals surface area (Å²) in [5.41, 5.74) is -0.303. The van der Waals surface area contributed by atoms with Gasteiger partial charge in [0.1, 0.15) is 17.6 Å². The van der Waals surface area contributed by atoms with Crippen LogP contribution in [0.1, 0.15) is 12.7 Å². The second kappa shape index (κ2) is 10.1. The third kappa shape index (κ3) is 5.59. The number of urea groups is 1. The summed E-state index contributed by atoms with van der Waals surface area (Å²) in [6.07, 6.45) is -1.41. The molecule has 2 saturated heterocycles. The van der Waals surface area contributed by atoms with E-state index in [2.05, 4.69) is 15.8 Å². The van der Waals surface area contributed by atoms with Gasteiger partial charge in [0.25, 0.3) is 0 Å². The number of carbonyl (C=O) groups is 3. The summed E-state index contributed by atoms with van der Waals surface area (Å²) < 4.78 is 40.1. The molecule has 0 bridgehead atoms. The zero-order valence-electron chi connectivity index (χ0n) is 19.0. The third-order valence-electron chi connectivity index (χ3n) is 5.35. The first kappa shape index (κ1) is 24.2. The Morgan fingerprint density at radius 3 is 2.57 bits per heavy atom. The van der Waals surface area contributed by atoms with Crippen molar-refractivity contribution in [3.63, 3.8) is 0 Å². The molecule has 4 rings (SSSR count). The molecule has 0 aliphatic carbocycles. The summed E-state index contributed by atoms with van der Waals surface area (Å²) in [5.74, 6) is -1.32. The number of hydrogen-bond donors (Lipinski definition) is 2. The number of aromatic nitrogens is 1. The van der Waals surface area contributed by atoms with E-state index in [1.54, 1.807) is 6.92 Å². The number of amides is 4. The van der Waals surface area contributed by atoms with E-state index in [-0.39, 0.29) is 62.4 Å². The van der Waals surface area contributed by atoms with E-state index in [0.717, 1.165) is 22.1 Å². The number of ether oxygens (including phenoxy) is 1. The highest BCUT2D eigenvalue weighted by molar-refractivity contribution is 5.90. The summed E-state index contributed by atoms with van der Waals surface area (Å²) in [7, 11) is 0. The standard InChI is InChI=1S/C21H24F2N6O6/c1-12-7-18(26-35-12)25-20(31)29-4-3-27(5-6-33-29)19-16(22)8-14(9-17(19)23)28-11-15(34-21(28)32)10-24-13(2)30/h7-9,15H,3-6,10-11H2,1-2H3,(H,24,30)(H,25,26,31)/t15-/m0/s1. The maximum atomic E-state index is 15.0. The van der Waals surface area contributed by atoms with Crippen molar-refractivity contribution in [3.8, 4) is 0 Å². The second-order valence-electron chi connectivity index (χ2n) is 7.99. The fraction of sp³-hybridized carbons (Fsp3) is 0.429. The molecule has 2 aromatic rings. The number of rotatable bonds is 5. The van der Waals surface area contributed by atoms with E-state index >= 15 is 8.78 Å². The Morgan fingerprint density at radius 2 is 1.91 bits per heavy atom. The molecule has 2 N–H and O–H groups in total. The lowest BCUT2D eigenvalue weighted by Crippen LogP contribution is -2.37. The first-order valence-corrected chi connectivity index (χ1v) is 10.8. The molecule has 1 aromatic heterocycles. The van der Waals surface area contributed by atoms with Crippen LogP contribution in [0.4, 0.5) is 35.6 Å². The zero-order chi connectivity index (χ0) is 25.1. The van der Waals surface area contributed by atoms with Crippen LogP contribution < -0.4 is 20.4 Å². The molecule has 12 nitrogen and oxygen atoms in total. The molecule has 0 saturated carbocycles. The van der Waals surface area contributed by atoms with E-state index < -0.39 is 29.9 Å². The van der Waals surface area contributed by atoms with Crippen molar-refractivity contribution in [1.82, 2.24) is 15.5 Å². The van der Waals surface area contributed by atoms with Crippen LogP contribution in [-0.4, -0.2) is 73.7 Å². The fourth-order valence-electron chi connectivity index (χ4n) is 3.74. The minimum absolute atomic E-state index is 0.00479. The highest BCUT2D eigenvalue weighted by Gasteiger charge is 2.34. The molecular formula is C21H24F2N6O6. The van der Waals surface area contributed by atoms with Gasteiger partial charge in [-0.1, -0.05) is 5.16 Å². The maximum absolute atomic E-state index is 15.0. The van der Waals surface area contributed by atoms with E-state index in [4.69, 9.17) is 14.1 Å². The number of anilines is 3. The average Bonchev–Trinajstić information content (AvgIpc) is 3.28. The number of cyclic esters (lactones) is 1. The Labute approximate surface area is 198 Å². The van der Waals surface area contributed by atoms with Crippen LogP contribution in [0.25, 0.3) is 0 Å². The Balaban J connectivity index is 1.41. The molecule has 35 heavy (non-hydrogen) atoms. The number of carbonyl (C=O) groups excluding carboxylic acids is 3. The van der Waals surface area contributed by atoms with Crippen molar-refractivity contribution in [2.45, 2.75) is 20.0 Å². The van der Waals surface area contributed by atoms with Crippen molar-refractivity contribution in [2.75, 3.05) is 54.4 Å². The van der Waals surface area contributed by atoms with Crippen molar-refractivity contribution < 1.29 is 37.3 Å². The average molecular weight is 494 g/mol. The molecule has 0 spiro atoms. The number of benzene rings is 1. The van der Waals surface area contributed by atoms with Crippen molar-refractivity contribution in [1.29, 1.82) is 0 Å². The lowest BCUT2D eigenvalue weighted by molar-refractivity contribution is -0.119. The number of aryl methyl sites for hydroxylation is 1. The predicted octanol–water partition coefficient (Wildman–Crippen LogP) is 2.01. The molecule has 4 amide bonds. The van der Waals surface area contributed by atoms with Crippen molar-refractivity contribution in [3.05, 3.63) is 35.6 Å². The third-order valence-corrected chi connectivity index (χ3v) is 5.35. The van der Waals surface area contributed by atoms with Gasteiger partial charge in [-0.2, -0.15) is 0 Å². The van der Waals surface area contributed by atoms with Gasteiger partial charge < -0.3 is 19.5 Å². The molecule has 2 aliphatic rings. The topological polar surface area (TPSA) is 129 Å². The van der Waals surface area contributed by atoms with Gasteiger partial charge in [0.2, 0.25) is 5.91 Å². The Hall–Kier alpha value is -3.94. The first-order chi connectivity index (χ1) is 16.7. The SMILES string of the molecule is CC(=O)NC[C@H]1CN(c2cc(F)c(N3CCON(C(=O)Nc4cc(C)on4)CC3)c(F)c2)C(=O)O1. The van der Waals surface area contributed by atoms with Crippen LogP contribution in [0, 0.1) is 18.6 Å². The summed E-state index contributed by atoms with van der Waals surface area (Å²) in [5, 5.41) is 9.77. The number of hydrogen-bond acceptors (Lipinski definition) is 8.